The Morgan fingerprint density at radius 3 is 2.34 bits per heavy atom. The van der Waals surface area contributed by atoms with Crippen molar-refractivity contribution in [2.75, 3.05) is 52.9 Å². The zero-order valence-corrected chi connectivity index (χ0v) is 18.5. The monoisotopic (exact) mass is 448 g/mol. The van der Waals surface area contributed by atoms with Crippen molar-refractivity contribution in [2.45, 2.75) is 24.2 Å². The molecule has 0 spiro atoms. The number of primary sulfonamides is 1. The second kappa shape index (κ2) is 11.5. The molecule has 1 aliphatic heterocycles. The lowest BCUT2D eigenvalue weighted by Gasteiger charge is -2.35. The maximum Gasteiger partial charge on any atom is 0.373 e. The van der Waals surface area contributed by atoms with Crippen LogP contribution in [-0.2, 0) is 24.4 Å². The minimum absolute atomic E-state index is 0.0787. The van der Waals surface area contributed by atoms with E-state index in [0.717, 1.165) is 55.5 Å². The summed E-state index contributed by atoms with van der Waals surface area (Å²) in [5, 5.41) is 15.6. The topological polar surface area (TPSA) is 141 Å². The van der Waals surface area contributed by atoms with Crippen LogP contribution in [0.25, 0.3) is 0 Å². The van der Waals surface area contributed by atoms with Crippen LogP contribution >= 0.6 is 11.3 Å². The van der Waals surface area contributed by atoms with Gasteiger partial charge in [0, 0.05) is 57.6 Å². The van der Waals surface area contributed by atoms with E-state index in [-0.39, 0.29) is 16.3 Å². The molecular formula is C17H28N4O6S2. The third-order valence-corrected chi connectivity index (χ3v) is 7.16. The van der Waals surface area contributed by atoms with E-state index in [1.807, 2.05) is 16.8 Å². The van der Waals surface area contributed by atoms with Crippen LogP contribution in [0.3, 0.4) is 0 Å². The van der Waals surface area contributed by atoms with Gasteiger partial charge in [0.25, 0.3) is 0 Å². The zero-order chi connectivity index (χ0) is 22.2. The van der Waals surface area contributed by atoms with Gasteiger partial charge < -0.3 is 14.9 Å². The van der Waals surface area contributed by atoms with E-state index in [9.17, 15) is 18.3 Å². The number of amides is 1. The molecule has 29 heavy (non-hydrogen) atoms. The van der Waals surface area contributed by atoms with Gasteiger partial charge in [-0.15, -0.1) is 11.3 Å². The molecule has 1 saturated heterocycles. The predicted octanol–water partition coefficient (Wildman–Crippen LogP) is -0.750. The van der Waals surface area contributed by atoms with Crippen LogP contribution in [0.4, 0.5) is 0 Å². The average molecular weight is 449 g/mol. The van der Waals surface area contributed by atoms with Crippen LogP contribution in [0.2, 0.25) is 0 Å². The standard InChI is InChI=1S/C16H28N4O4S2.CO2/c1-12-14(10-16(25-12)26(17,23)24)15(22)11-18(3)4-5-19-6-8-20(9-7-19)13(2)21;2-1-3/h10,15,22H,4-9,11H2,1-3H3,(H2,17,23,24);. The van der Waals surface area contributed by atoms with Crippen molar-refractivity contribution >= 4 is 33.4 Å². The second-order valence-corrected chi connectivity index (χ2v) is 9.88. The highest BCUT2D eigenvalue weighted by molar-refractivity contribution is 7.91. The van der Waals surface area contributed by atoms with Gasteiger partial charge in [0.05, 0.1) is 6.10 Å². The van der Waals surface area contributed by atoms with Gasteiger partial charge in [0.1, 0.15) is 4.21 Å². The van der Waals surface area contributed by atoms with Crippen molar-refractivity contribution in [3.05, 3.63) is 16.5 Å². The molecule has 2 heterocycles. The number of carbonyl (C=O) groups is 1. The molecule has 1 aliphatic rings. The van der Waals surface area contributed by atoms with Crippen LogP contribution in [0.1, 0.15) is 23.5 Å². The fourth-order valence-electron chi connectivity index (χ4n) is 3.02. The highest BCUT2D eigenvalue weighted by Crippen LogP contribution is 2.29. The number of hydrogen-bond donors (Lipinski definition) is 2. The van der Waals surface area contributed by atoms with E-state index in [4.69, 9.17) is 14.7 Å². The molecule has 1 fully saturated rings. The van der Waals surface area contributed by atoms with E-state index >= 15 is 0 Å². The summed E-state index contributed by atoms with van der Waals surface area (Å²) >= 11 is 1.08. The van der Waals surface area contributed by atoms with Gasteiger partial charge in [0.15, 0.2) is 0 Å². The number of hydrogen-bond acceptors (Lipinski definition) is 9. The number of sulfonamides is 1. The molecule has 1 atom stereocenters. The molecule has 1 aromatic rings. The van der Waals surface area contributed by atoms with E-state index in [0.29, 0.717) is 12.1 Å². The number of aliphatic hydroxyl groups excluding tert-OH is 1. The molecule has 12 heteroatoms. The quantitative estimate of drug-likeness (QED) is 0.555. The number of thiophene rings is 1. The molecule has 1 unspecified atom stereocenters. The third-order valence-electron chi connectivity index (χ3n) is 4.67. The Morgan fingerprint density at radius 1 is 1.34 bits per heavy atom. The third kappa shape index (κ3) is 8.31. The predicted molar refractivity (Wildman–Crippen MR) is 107 cm³/mol. The van der Waals surface area contributed by atoms with E-state index in [2.05, 4.69) is 4.90 Å². The number of likely N-dealkylation sites (N-methyl/N-ethyl adjacent to an activating group) is 1. The van der Waals surface area contributed by atoms with Crippen LogP contribution in [-0.4, -0.2) is 93.1 Å². The molecule has 2 rings (SSSR count). The number of nitrogens with zero attached hydrogens (tertiary/aromatic N) is 3. The van der Waals surface area contributed by atoms with Gasteiger partial charge >= 0.3 is 6.15 Å². The maximum atomic E-state index is 11.5. The molecule has 1 aromatic heterocycles. The summed E-state index contributed by atoms with van der Waals surface area (Å²) < 4.78 is 23.0. The SMILES string of the molecule is CC(=O)N1CCN(CCN(C)CC(O)c2cc(S(N)(=O)=O)sc2C)CC1.O=C=O. The molecule has 164 valence electrons. The van der Waals surface area contributed by atoms with Crippen molar-refractivity contribution in [1.29, 1.82) is 0 Å². The molecule has 0 radical (unpaired) electrons. The number of piperazine rings is 1. The summed E-state index contributed by atoms with van der Waals surface area (Å²) in [4.78, 5) is 34.5. The van der Waals surface area contributed by atoms with Crippen molar-refractivity contribution in [1.82, 2.24) is 14.7 Å². The molecular weight excluding hydrogens is 420 g/mol. The molecule has 1 amide bonds. The summed E-state index contributed by atoms with van der Waals surface area (Å²) in [7, 11) is -1.81. The number of carbonyl (C=O) groups excluding carboxylic acids is 3. The first-order chi connectivity index (χ1) is 13.5. The molecule has 0 saturated carbocycles. The lowest BCUT2D eigenvalue weighted by Crippen LogP contribution is -2.49. The fraction of sp³-hybridized carbons (Fsp3) is 0.647. The number of aliphatic hydroxyl groups is 1. The first-order valence-electron chi connectivity index (χ1n) is 8.96. The Morgan fingerprint density at radius 2 is 1.90 bits per heavy atom. The van der Waals surface area contributed by atoms with Crippen molar-refractivity contribution < 1.29 is 27.9 Å². The van der Waals surface area contributed by atoms with E-state index in [1.165, 1.54) is 6.07 Å². The zero-order valence-electron chi connectivity index (χ0n) is 16.8. The molecule has 3 N–H and O–H groups in total. The number of aryl methyl sites for hydroxylation is 1. The normalized spacial score (nSPS) is 16.1. The lowest BCUT2D eigenvalue weighted by atomic mass is 10.1. The average Bonchev–Trinajstić information content (AvgIpc) is 3.03. The smallest absolute Gasteiger partial charge is 0.373 e. The van der Waals surface area contributed by atoms with Crippen LogP contribution in [0.5, 0.6) is 0 Å². The summed E-state index contributed by atoms with van der Waals surface area (Å²) in [6.07, 6.45) is -0.513. The first-order valence-corrected chi connectivity index (χ1v) is 11.3. The van der Waals surface area contributed by atoms with Crippen molar-refractivity contribution in [3.8, 4) is 0 Å². The van der Waals surface area contributed by atoms with Crippen LogP contribution < -0.4 is 5.14 Å². The molecule has 0 bridgehead atoms. The van der Waals surface area contributed by atoms with E-state index < -0.39 is 16.1 Å². The minimum atomic E-state index is -3.74. The largest absolute Gasteiger partial charge is 0.387 e. The van der Waals surface area contributed by atoms with Crippen LogP contribution in [0, 0.1) is 6.92 Å². The summed E-state index contributed by atoms with van der Waals surface area (Å²) in [5.41, 5.74) is 0.612. The minimum Gasteiger partial charge on any atom is -0.387 e. The number of nitrogens with two attached hydrogens (primary N) is 1. The van der Waals surface area contributed by atoms with Gasteiger partial charge in [-0.25, -0.2) is 13.6 Å². The van der Waals surface area contributed by atoms with Gasteiger partial charge in [-0.2, -0.15) is 9.59 Å². The fourth-order valence-corrected chi connectivity index (χ4v) is 4.95. The summed E-state index contributed by atoms with van der Waals surface area (Å²) in [6.45, 7) is 8.66. The Kier molecular flexibility index (Phi) is 10.1. The van der Waals surface area contributed by atoms with Crippen molar-refractivity contribution in [3.63, 3.8) is 0 Å². The van der Waals surface area contributed by atoms with Gasteiger partial charge in [-0.1, -0.05) is 0 Å². The van der Waals surface area contributed by atoms with Gasteiger partial charge in [0.2, 0.25) is 15.9 Å². The maximum absolute atomic E-state index is 11.5. The summed E-state index contributed by atoms with van der Waals surface area (Å²) in [6, 6.07) is 1.47. The Balaban J connectivity index is 0.00000132. The Labute approximate surface area is 174 Å². The molecule has 10 nitrogen and oxygen atoms in total. The van der Waals surface area contributed by atoms with Crippen molar-refractivity contribution in [2.24, 2.45) is 5.14 Å². The molecule has 0 aliphatic carbocycles. The Bertz CT molecular complexity index is 812. The van der Waals surface area contributed by atoms with Crippen LogP contribution in [0.15, 0.2) is 10.3 Å². The van der Waals surface area contributed by atoms with E-state index in [1.54, 1.807) is 13.8 Å². The van der Waals surface area contributed by atoms with Gasteiger partial charge in [-0.05, 0) is 25.6 Å². The highest BCUT2D eigenvalue weighted by Gasteiger charge is 2.21. The highest BCUT2D eigenvalue weighted by atomic mass is 32.2. The second-order valence-electron chi connectivity index (χ2n) is 6.83. The Hall–Kier alpha value is -1.66. The molecule has 0 aromatic carbocycles. The summed E-state index contributed by atoms with van der Waals surface area (Å²) in [5.74, 6) is 0.120. The lowest BCUT2D eigenvalue weighted by molar-refractivity contribution is -0.191. The first kappa shape index (κ1) is 25.4. The van der Waals surface area contributed by atoms with Gasteiger partial charge in [-0.3, -0.25) is 9.69 Å². The number of rotatable bonds is 7.